The number of amides is 1. The number of thiazole rings is 1. The first-order chi connectivity index (χ1) is 16.7. The van der Waals surface area contributed by atoms with E-state index in [0.717, 1.165) is 34.2 Å². The maximum absolute atomic E-state index is 13.1. The first-order valence-corrected chi connectivity index (χ1v) is 14.3. The lowest BCUT2D eigenvalue weighted by Crippen LogP contribution is -2.39. The van der Waals surface area contributed by atoms with Gasteiger partial charge in [-0.2, -0.15) is 9.30 Å². The second-order valence-corrected chi connectivity index (χ2v) is 12.2. The molecule has 0 radical (unpaired) electrons. The molecular weight excluding hydrogens is 482 g/mol. The monoisotopic (exact) mass is 515 g/mol. The van der Waals surface area contributed by atoms with Gasteiger partial charge in [0, 0.05) is 31.8 Å². The zero-order valence-electron chi connectivity index (χ0n) is 20.8. The lowest BCUT2D eigenvalue weighted by Gasteiger charge is -2.30. The largest absolute Gasteiger partial charge is 0.380 e. The molecule has 1 amide bonds. The number of carbonyl (C=O) groups excluding carboxylic acids is 1. The number of ether oxygens (including phenoxy) is 1. The number of sulfonamides is 1. The van der Waals surface area contributed by atoms with Gasteiger partial charge in [-0.1, -0.05) is 24.3 Å². The van der Waals surface area contributed by atoms with E-state index in [1.807, 2.05) is 11.5 Å². The summed E-state index contributed by atoms with van der Waals surface area (Å²) < 4.78 is 36.3. The first kappa shape index (κ1) is 25.8. The van der Waals surface area contributed by atoms with E-state index in [1.165, 1.54) is 23.5 Å². The normalized spacial score (nSPS) is 17.8. The van der Waals surface area contributed by atoms with Crippen molar-refractivity contribution in [3.63, 3.8) is 0 Å². The summed E-state index contributed by atoms with van der Waals surface area (Å²) in [4.78, 5) is 18.3. The SMILES string of the molecule is CCOCCn1c(=NC(=O)c2ccc(S(=O)(=O)N3CCCC(C)C3)cc2)sc2cc(C)cc(C)c21. The predicted octanol–water partition coefficient (Wildman–Crippen LogP) is 4.52. The minimum Gasteiger partial charge on any atom is -0.380 e. The van der Waals surface area contributed by atoms with Gasteiger partial charge in [-0.15, -0.1) is 0 Å². The maximum Gasteiger partial charge on any atom is 0.279 e. The molecular formula is C26H33N3O4S2. The first-order valence-electron chi connectivity index (χ1n) is 12.1. The summed E-state index contributed by atoms with van der Waals surface area (Å²) in [6.07, 6.45) is 1.91. The molecule has 0 bridgehead atoms. The summed E-state index contributed by atoms with van der Waals surface area (Å²) in [5.41, 5.74) is 3.70. The third-order valence-corrected chi connectivity index (χ3v) is 9.24. The maximum atomic E-state index is 13.1. The number of fused-ring (bicyclic) bond motifs is 1. The third-order valence-electron chi connectivity index (χ3n) is 6.33. The summed E-state index contributed by atoms with van der Waals surface area (Å²) >= 11 is 1.48. The Hall–Kier alpha value is -2.33. The van der Waals surface area contributed by atoms with Crippen LogP contribution in [0.3, 0.4) is 0 Å². The molecule has 9 heteroatoms. The van der Waals surface area contributed by atoms with Crippen molar-refractivity contribution in [1.29, 1.82) is 0 Å². The molecule has 1 aliphatic rings. The van der Waals surface area contributed by atoms with E-state index in [-0.39, 0.29) is 4.90 Å². The molecule has 0 aliphatic carbocycles. The topological polar surface area (TPSA) is 81.0 Å². The molecule has 0 N–H and O–H groups in total. The summed E-state index contributed by atoms with van der Waals surface area (Å²) in [6.45, 7) is 11.0. The van der Waals surface area contributed by atoms with Gasteiger partial charge in [-0.3, -0.25) is 4.79 Å². The molecule has 7 nitrogen and oxygen atoms in total. The van der Waals surface area contributed by atoms with Gasteiger partial charge in [-0.25, -0.2) is 8.42 Å². The Morgan fingerprint density at radius 2 is 1.94 bits per heavy atom. The second kappa shape index (κ2) is 10.7. The van der Waals surface area contributed by atoms with Crippen molar-refractivity contribution in [1.82, 2.24) is 8.87 Å². The number of nitrogens with zero attached hydrogens (tertiary/aromatic N) is 3. The molecule has 2 aromatic carbocycles. The van der Waals surface area contributed by atoms with Gasteiger partial charge in [0.1, 0.15) is 0 Å². The average molecular weight is 516 g/mol. The number of carbonyl (C=O) groups is 1. The highest BCUT2D eigenvalue weighted by Crippen LogP contribution is 2.25. The molecule has 1 fully saturated rings. The van der Waals surface area contributed by atoms with E-state index >= 15 is 0 Å². The molecule has 0 spiro atoms. The number of aromatic nitrogens is 1. The van der Waals surface area contributed by atoms with Crippen molar-refractivity contribution in [3.05, 3.63) is 57.9 Å². The predicted molar refractivity (Wildman–Crippen MR) is 139 cm³/mol. The van der Waals surface area contributed by atoms with Crippen LogP contribution in [0.5, 0.6) is 0 Å². The van der Waals surface area contributed by atoms with Crippen molar-refractivity contribution in [2.24, 2.45) is 10.9 Å². The van der Waals surface area contributed by atoms with Crippen molar-refractivity contribution in [2.75, 3.05) is 26.3 Å². The second-order valence-electron chi connectivity index (χ2n) is 9.21. The fraction of sp³-hybridized carbons (Fsp3) is 0.462. The molecule has 1 aromatic heterocycles. The van der Waals surface area contributed by atoms with Gasteiger partial charge in [0.05, 0.1) is 21.7 Å². The minimum atomic E-state index is -3.57. The van der Waals surface area contributed by atoms with Crippen molar-refractivity contribution in [3.8, 4) is 0 Å². The number of hydrogen-bond acceptors (Lipinski definition) is 5. The molecule has 1 aliphatic heterocycles. The van der Waals surface area contributed by atoms with Crippen molar-refractivity contribution < 1.29 is 17.9 Å². The molecule has 35 heavy (non-hydrogen) atoms. The van der Waals surface area contributed by atoms with Crippen LogP contribution in [-0.4, -0.2) is 49.5 Å². The van der Waals surface area contributed by atoms with E-state index in [4.69, 9.17) is 4.74 Å². The number of hydrogen-bond donors (Lipinski definition) is 0. The zero-order valence-corrected chi connectivity index (χ0v) is 22.4. The van der Waals surface area contributed by atoms with Crippen LogP contribution in [0.25, 0.3) is 10.2 Å². The van der Waals surface area contributed by atoms with Gasteiger partial charge < -0.3 is 9.30 Å². The molecule has 188 valence electrons. The van der Waals surface area contributed by atoms with E-state index < -0.39 is 15.9 Å². The van der Waals surface area contributed by atoms with Gasteiger partial charge >= 0.3 is 0 Å². The molecule has 4 rings (SSSR count). The van der Waals surface area contributed by atoms with E-state index in [9.17, 15) is 13.2 Å². The van der Waals surface area contributed by atoms with Crippen LogP contribution in [0.2, 0.25) is 0 Å². The van der Waals surface area contributed by atoms with E-state index in [2.05, 4.69) is 37.9 Å². The Morgan fingerprint density at radius 1 is 1.20 bits per heavy atom. The average Bonchev–Trinajstić information content (AvgIpc) is 3.16. The Balaban J connectivity index is 1.65. The number of benzene rings is 2. The molecule has 0 saturated carbocycles. The molecule has 2 heterocycles. The molecule has 1 unspecified atom stereocenters. The Kier molecular flexibility index (Phi) is 7.90. The lowest BCUT2D eigenvalue weighted by molar-refractivity contribution is 0.0996. The molecule has 1 saturated heterocycles. The van der Waals surface area contributed by atoms with Crippen molar-refractivity contribution in [2.45, 2.75) is 52.0 Å². The fourth-order valence-electron chi connectivity index (χ4n) is 4.62. The van der Waals surface area contributed by atoms with Crippen LogP contribution in [0.15, 0.2) is 46.3 Å². The fourth-order valence-corrected chi connectivity index (χ4v) is 7.45. The van der Waals surface area contributed by atoms with Crippen LogP contribution in [-0.2, 0) is 21.3 Å². The standard InChI is InChI=1S/C26H33N3O4S2/c1-5-33-14-13-29-24-20(4)15-19(3)16-23(24)34-26(29)27-25(30)21-8-10-22(11-9-21)35(31,32)28-12-6-7-18(2)17-28/h8-11,15-16,18H,5-7,12-14,17H2,1-4H3. The summed E-state index contributed by atoms with van der Waals surface area (Å²) in [5, 5.41) is 0. The highest BCUT2D eigenvalue weighted by Gasteiger charge is 2.28. The lowest BCUT2D eigenvalue weighted by atomic mass is 10.0. The summed E-state index contributed by atoms with van der Waals surface area (Å²) in [5.74, 6) is -0.0482. The number of piperidine rings is 1. The van der Waals surface area contributed by atoms with Crippen LogP contribution >= 0.6 is 11.3 Å². The van der Waals surface area contributed by atoms with Crippen LogP contribution in [0.4, 0.5) is 0 Å². The summed E-state index contributed by atoms with van der Waals surface area (Å²) in [6, 6.07) is 10.4. The van der Waals surface area contributed by atoms with Crippen LogP contribution in [0, 0.1) is 19.8 Å². The van der Waals surface area contributed by atoms with Gasteiger partial charge in [0.25, 0.3) is 5.91 Å². The quantitative estimate of drug-likeness (QED) is 0.434. The summed E-state index contributed by atoms with van der Waals surface area (Å²) in [7, 11) is -3.57. The number of rotatable bonds is 7. The Morgan fingerprint density at radius 3 is 2.63 bits per heavy atom. The third kappa shape index (κ3) is 5.58. The van der Waals surface area contributed by atoms with Crippen LogP contribution in [0.1, 0.15) is 48.2 Å². The van der Waals surface area contributed by atoms with Crippen LogP contribution < -0.4 is 4.80 Å². The smallest absolute Gasteiger partial charge is 0.279 e. The van der Waals surface area contributed by atoms with Crippen molar-refractivity contribution >= 4 is 37.5 Å². The Bertz CT molecular complexity index is 1390. The van der Waals surface area contributed by atoms with Gasteiger partial charge in [-0.05, 0) is 81.0 Å². The highest BCUT2D eigenvalue weighted by molar-refractivity contribution is 7.89. The van der Waals surface area contributed by atoms with Gasteiger partial charge in [0.15, 0.2) is 4.80 Å². The highest BCUT2D eigenvalue weighted by atomic mass is 32.2. The molecule has 3 aromatic rings. The number of aryl methyl sites for hydroxylation is 2. The molecule has 1 atom stereocenters. The minimum absolute atomic E-state index is 0.211. The van der Waals surface area contributed by atoms with Gasteiger partial charge in [0.2, 0.25) is 10.0 Å². The zero-order chi connectivity index (χ0) is 25.2. The Labute approximate surface area is 211 Å². The van der Waals surface area contributed by atoms with E-state index in [1.54, 1.807) is 16.4 Å². The van der Waals surface area contributed by atoms with E-state index in [0.29, 0.717) is 49.1 Å².